The maximum absolute atomic E-state index is 12.3. The van der Waals surface area contributed by atoms with Crippen LogP contribution in [0, 0.1) is 13.8 Å². The Labute approximate surface area is 174 Å². The summed E-state index contributed by atoms with van der Waals surface area (Å²) in [4.78, 5) is 28.3. The van der Waals surface area contributed by atoms with Crippen molar-refractivity contribution in [1.29, 1.82) is 0 Å². The normalized spacial score (nSPS) is 11.5. The summed E-state index contributed by atoms with van der Waals surface area (Å²) in [5.74, 6) is -1.03. The van der Waals surface area contributed by atoms with Gasteiger partial charge in [0.1, 0.15) is 5.56 Å². The van der Waals surface area contributed by atoms with Crippen molar-refractivity contribution in [3.63, 3.8) is 0 Å². The predicted octanol–water partition coefficient (Wildman–Crippen LogP) is 0.968. The number of carbonyl (C=O) groups excluding carboxylic acids is 2. The molecule has 0 aliphatic carbocycles. The number of benzene rings is 1. The Morgan fingerprint density at radius 3 is 2.53 bits per heavy atom. The molecule has 2 amide bonds. The third-order valence-corrected chi connectivity index (χ3v) is 6.60. The minimum atomic E-state index is -3.44. The van der Waals surface area contributed by atoms with E-state index in [1.807, 2.05) is 6.92 Å². The zero-order valence-corrected chi connectivity index (χ0v) is 17.6. The van der Waals surface area contributed by atoms with Crippen LogP contribution in [0.1, 0.15) is 33.7 Å². The molecule has 0 aliphatic rings. The van der Waals surface area contributed by atoms with Gasteiger partial charge < -0.3 is 11.1 Å². The summed E-state index contributed by atoms with van der Waals surface area (Å²) in [5, 5.41) is 6.81. The Kier molecular flexibility index (Phi) is 6.16. The number of nitrogens with zero attached hydrogens (tertiary/aromatic N) is 3. The van der Waals surface area contributed by atoms with Crippen molar-refractivity contribution >= 4 is 27.3 Å². The first-order valence-electron chi connectivity index (χ1n) is 9.39. The molecular weight excluding hydrogens is 406 g/mol. The number of rotatable bonds is 8. The molecule has 0 bridgehead atoms. The summed E-state index contributed by atoms with van der Waals surface area (Å²) in [6.07, 6.45) is 1.95. The van der Waals surface area contributed by atoms with Gasteiger partial charge in [-0.25, -0.2) is 17.9 Å². The lowest BCUT2D eigenvalue weighted by atomic mass is 10.1. The molecule has 1 aromatic carbocycles. The van der Waals surface area contributed by atoms with E-state index in [0.717, 1.165) is 11.3 Å². The van der Waals surface area contributed by atoms with Crippen LogP contribution < -0.4 is 11.1 Å². The highest BCUT2D eigenvalue weighted by Gasteiger charge is 2.18. The van der Waals surface area contributed by atoms with Crippen LogP contribution in [-0.4, -0.2) is 47.1 Å². The Hall–Kier alpha value is -3.27. The fourth-order valence-corrected chi connectivity index (χ4v) is 4.42. The first kappa shape index (κ1) is 21.4. The predicted molar refractivity (Wildman–Crippen MR) is 111 cm³/mol. The summed E-state index contributed by atoms with van der Waals surface area (Å²) in [6, 6.07) is 8.13. The Balaban J connectivity index is 1.61. The summed E-state index contributed by atoms with van der Waals surface area (Å²) in [5.41, 5.74) is 8.27. The highest BCUT2D eigenvalue weighted by molar-refractivity contribution is 7.91. The molecule has 0 saturated carbocycles. The smallest absolute Gasteiger partial charge is 0.254 e. The maximum Gasteiger partial charge on any atom is 0.254 e. The monoisotopic (exact) mass is 429 g/mol. The SMILES string of the molecule is Cc1nc2c(C(N)=O)cnn2c(C)c1CCC(=O)NCCS(=O)(=O)c1ccccc1. The van der Waals surface area contributed by atoms with E-state index in [0.29, 0.717) is 17.8 Å². The third kappa shape index (κ3) is 4.48. The Morgan fingerprint density at radius 2 is 1.87 bits per heavy atom. The molecule has 0 saturated heterocycles. The molecule has 3 aromatic rings. The van der Waals surface area contributed by atoms with Gasteiger partial charge >= 0.3 is 0 Å². The second-order valence-electron chi connectivity index (χ2n) is 6.90. The van der Waals surface area contributed by atoms with Gasteiger partial charge in [0.2, 0.25) is 5.91 Å². The van der Waals surface area contributed by atoms with E-state index in [9.17, 15) is 18.0 Å². The van der Waals surface area contributed by atoms with Crippen LogP contribution >= 0.6 is 0 Å². The molecule has 2 heterocycles. The molecule has 158 valence electrons. The molecule has 0 radical (unpaired) electrons. The standard InChI is InChI=1S/C20H23N5O4S/c1-13-16(14(2)25-20(24-13)17(12-23-25)19(21)27)8-9-18(26)22-10-11-30(28,29)15-6-4-3-5-7-15/h3-7,12H,8-11H2,1-2H3,(H2,21,27)(H,22,26). The zero-order valence-electron chi connectivity index (χ0n) is 16.8. The van der Waals surface area contributed by atoms with E-state index < -0.39 is 15.7 Å². The minimum absolute atomic E-state index is 0.0342. The van der Waals surface area contributed by atoms with E-state index >= 15 is 0 Å². The molecular formula is C20H23N5O4S. The van der Waals surface area contributed by atoms with Gasteiger partial charge in [-0.3, -0.25) is 9.59 Å². The Morgan fingerprint density at radius 1 is 1.17 bits per heavy atom. The topological polar surface area (TPSA) is 137 Å². The van der Waals surface area contributed by atoms with Crippen LogP contribution in [0.5, 0.6) is 0 Å². The first-order valence-corrected chi connectivity index (χ1v) is 11.0. The highest BCUT2D eigenvalue weighted by Crippen LogP contribution is 2.18. The van der Waals surface area contributed by atoms with Gasteiger partial charge in [0.05, 0.1) is 16.8 Å². The van der Waals surface area contributed by atoms with E-state index in [-0.39, 0.29) is 35.1 Å². The Bertz CT molecular complexity index is 1200. The molecule has 0 aliphatic heterocycles. The van der Waals surface area contributed by atoms with Gasteiger partial charge in [-0.1, -0.05) is 18.2 Å². The van der Waals surface area contributed by atoms with Crippen LogP contribution in [-0.2, 0) is 21.1 Å². The maximum atomic E-state index is 12.3. The molecule has 0 spiro atoms. The second kappa shape index (κ2) is 8.62. The highest BCUT2D eigenvalue weighted by atomic mass is 32.2. The van der Waals surface area contributed by atoms with Gasteiger partial charge in [0.15, 0.2) is 15.5 Å². The van der Waals surface area contributed by atoms with E-state index in [2.05, 4.69) is 15.4 Å². The lowest BCUT2D eigenvalue weighted by Crippen LogP contribution is -2.29. The van der Waals surface area contributed by atoms with Crippen LogP contribution in [0.25, 0.3) is 5.65 Å². The van der Waals surface area contributed by atoms with Crippen LogP contribution in [0.3, 0.4) is 0 Å². The molecule has 9 nitrogen and oxygen atoms in total. The average Bonchev–Trinajstić information content (AvgIpc) is 3.12. The number of carbonyl (C=O) groups is 2. The lowest BCUT2D eigenvalue weighted by molar-refractivity contribution is -0.120. The molecule has 30 heavy (non-hydrogen) atoms. The number of fused-ring (bicyclic) bond motifs is 1. The van der Waals surface area contributed by atoms with Crippen molar-refractivity contribution < 1.29 is 18.0 Å². The van der Waals surface area contributed by atoms with E-state index in [1.54, 1.807) is 25.1 Å². The third-order valence-electron chi connectivity index (χ3n) is 4.87. The second-order valence-corrected chi connectivity index (χ2v) is 9.01. The van der Waals surface area contributed by atoms with Gasteiger partial charge in [0.25, 0.3) is 5.91 Å². The first-order chi connectivity index (χ1) is 14.2. The number of aromatic nitrogens is 3. The number of hydrogen-bond donors (Lipinski definition) is 2. The minimum Gasteiger partial charge on any atom is -0.365 e. The summed E-state index contributed by atoms with van der Waals surface area (Å²) in [6.45, 7) is 3.66. The summed E-state index contributed by atoms with van der Waals surface area (Å²) in [7, 11) is -3.44. The van der Waals surface area contributed by atoms with Crippen molar-refractivity contribution in [2.24, 2.45) is 5.73 Å². The van der Waals surface area contributed by atoms with Crippen molar-refractivity contribution in [2.75, 3.05) is 12.3 Å². The number of sulfone groups is 1. The quantitative estimate of drug-likeness (QED) is 0.547. The summed E-state index contributed by atoms with van der Waals surface area (Å²) < 4.78 is 26.0. The van der Waals surface area contributed by atoms with Gasteiger partial charge in [-0.05, 0) is 38.0 Å². The number of hydrogen-bond acceptors (Lipinski definition) is 6. The zero-order chi connectivity index (χ0) is 21.9. The van der Waals surface area contributed by atoms with Crippen molar-refractivity contribution in [1.82, 2.24) is 19.9 Å². The number of amides is 2. The van der Waals surface area contributed by atoms with Crippen LogP contribution in [0.15, 0.2) is 41.4 Å². The van der Waals surface area contributed by atoms with E-state index in [1.165, 1.54) is 22.8 Å². The molecule has 10 heteroatoms. The molecule has 3 N–H and O–H groups in total. The van der Waals surface area contributed by atoms with Gasteiger partial charge in [-0.15, -0.1) is 0 Å². The number of primary amides is 1. The lowest BCUT2D eigenvalue weighted by Gasteiger charge is -2.11. The number of nitrogens with one attached hydrogen (secondary N) is 1. The van der Waals surface area contributed by atoms with E-state index in [4.69, 9.17) is 5.73 Å². The number of nitrogens with two attached hydrogens (primary N) is 1. The van der Waals surface area contributed by atoms with Gasteiger partial charge in [0, 0.05) is 24.4 Å². The summed E-state index contributed by atoms with van der Waals surface area (Å²) >= 11 is 0. The fourth-order valence-electron chi connectivity index (χ4n) is 3.24. The molecule has 0 unspecified atom stereocenters. The largest absolute Gasteiger partial charge is 0.365 e. The van der Waals surface area contributed by atoms with Crippen molar-refractivity contribution in [3.05, 3.63) is 59.0 Å². The fraction of sp³-hybridized carbons (Fsp3) is 0.300. The molecule has 0 fully saturated rings. The van der Waals surface area contributed by atoms with Gasteiger partial charge in [-0.2, -0.15) is 5.10 Å². The average molecular weight is 430 g/mol. The molecule has 0 atom stereocenters. The van der Waals surface area contributed by atoms with Crippen molar-refractivity contribution in [3.8, 4) is 0 Å². The van der Waals surface area contributed by atoms with Crippen LogP contribution in [0.2, 0.25) is 0 Å². The van der Waals surface area contributed by atoms with Crippen LogP contribution in [0.4, 0.5) is 0 Å². The molecule has 2 aromatic heterocycles. The van der Waals surface area contributed by atoms with Crippen molar-refractivity contribution in [2.45, 2.75) is 31.6 Å². The number of aryl methyl sites for hydroxylation is 2. The molecule has 3 rings (SSSR count).